The van der Waals surface area contributed by atoms with Crippen LogP contribution < -0.4 is 10.1 Å². The molecule has 5 rings (SSSR count). The minimum atomic E-state index is -4.52. The van der Waals surface area contributed by atoms with Gasteiger partial charge >= 0.3 is 6.18 Å². The Morgan fingerprint density at radius 3 is 2.51 bits per heavy atom. The second-order valence-electron chi connectivity index (χ2n) is 9.18. The highest BCUT2D eigenvalue weighted by Gasteiger charge is 2.35. The highest BCUT2D eigenvalue weighted by atomic mass is 127. The molecule has 0 atom stereocenters. The van der Waals surface area contributed by atoms with Crippen molar-refractivity contribution in [1.29, 1.82) is 5.41 Å². The van der Waals surface area contributed by atoms with Gasteiger partial charge in [-0.1, -0.05) is 24.3 Å². The van der Waals surface area contributed by atoms with Crippen molar-refractivity contribution >= 4 is 36.0 Å². The lowest BCUT2D eigenvalue weighted by atomic mass is 10.1. The van der Waals surface area contributed by atoms with E-state index in [1.807, 2.05) is 0 Å². The van der Waals surface area contributed by atoms with Gasteiger partial charge in [0.1, 0.15) is 36.8 Å². The Balaban J connectivity index is 0.00000387. The Morgan fingerprint density at radius 1 is 1.12 bits per heavy atom. The Kier molecular flexibility index (Phi) is 9.50. The standard InChI is InChI=1S/C27H26F4N8O.HI/c1-2-39-14-20(27(29,30)31)37-25(39)18-5-3-16(4-6-18)12-33-23-19(11-32)13-34-24(38-23)21-22(17-7-8-17)35-15-36-26(21)40-10-9-28;/h3-6,11,13-15,17,32H,2,7-10,12H2,1H3,(H,33,34,38);1H. The zero-order valence-electron chi connectivity index (χ0n) is 22.0. The van der Waals surface area contributed by atoms with Gasteiger partial charge in [0.2, 0.25) is 5.88 Å². The van der Waals surface area contributed by atoms with Crippen LogP contribution >= 0.6 is 24.0 Å². The number of hydrogen-bond acceptors (Lipinski definition) is 8. The lowest BCUT2D eigenvalue weighted by Gasteiger charge is -2.14. The number of anilines is 1. The van der Waals surface area contributed by atoms with Gasteiger partial charge in [-0.2, -0.15) is 13.2 Å². The largest absolute Gasteiger partial charge is 0.474 e. The molecule has 0 aliphatic heterocycles. The molecule has 3 aromatic heterocycles. The lowest BCUT2D eigenvalue weighted by molar-refractivity contribution is -0.140. The van der Waals surface area contributed by atoms with Crippen LogP contribution in [0, 0.1) is 5.41 Å². The number of rotatable bonds is 11. The quantitative estimate of drug-likeness (QED) is 0.109. The van der Waals surface area contributed by atoms with E-state index in [1.54, 1.807) is 31.2 Å². The van der Waals surface area contributed by atoms with Crippen molar-refractivity contribution in [1.82, 2.24) is 29.5 Å². The molecule has 0 bridgehead atoms. The maximum absolute atomic E-state index is 13.2. The SMILES string of the molecule is CCn1cc(C(F)(F)F)nc1-c1ccc(CNc2nc(-c3c(OCCF)ncnc3C3CC3)ncc2C=N)cc1.I. The summed E-state index contributed by atoms with van der Waals surface area (Å²) in [6.45, 7) is 1.58. The number of nitrogens with zero attached hydrogens (tertiary/aromatic N) is 6. The maximum atomic E-state index is 13.2. The molecule has 0 amide bonds. The number of ether oxygens (including phenoxy) is 1. The molecule has 0 spiro atoms. The minimum absolute atomic E-state index is 0. The predicted octanol–water partition coefficient (Wildman–Crippen LogP) is 6.29. The second kappa shape index (κ2) is 12.9. The summed E-state index contributed by atoms with van der Waals surface area (Å²) in [4.78, 5) is 21.4. The van der Waals surface area contributed by atoms with Crippen molar-refractivity contribution in [3.8, 4) is 28.7 Å². The zero-order valence-corrected chi connectivity index (χ0v) is 24.3. The van der Waals surface area contributed by atoms with E-state index < -0.39 is 18.5 Å². The molecule has 14 heteroatoms. The summed E-state index contributed by atoms with van der Waals surface area (Å²) in [5.74, 6) is 1.36. The van der Waals surface area contributed by atoms with E-state index in [0.717, 1.165) is 36.5 Å². The summed E-state index contributed by atoms with van der Waals surface area (Å²) >= 11 is 0. The molecule has 1 saturated carbocycles. The number of halogens is 5. The van der Waals surface area contributed by atoms with Crippen molar-refractivity contribution < 1.29 is 22.3 Å². The Bertz CT molecular complexity index is 1510. The van der Waals surface area contributed by atoms with Crippen molar-refractivity contribution in [3.63, 3.8) is 0 Å². The van der Waals surface area contributed by atoms with Gasteiger partial charge in [0, 0.05) is 43.2 Å². The first-order valence-electron chi connectivity index (χ1n) is 12.7. The molecule has 1 fully saturated rings. The van der Waals surface area contributed by atoms with Gasteiger partial charge in [0.15, 0.2) is 11.5 Å². The first-order chi connectivity index (χ1) is 19.3. The van der Waals surface area contributed by atoms with Crippen LogP contribution in [0.3, 0.4) is 0 Å². The first kappa shape index (κ1) is 30.3. The van der Waals surface area contributed by atoms with Gasteiger partial charge in [-0.3, -0.25) is 0 Å². The van der Waals surface area contributed by atoms with E-state index in [0.29, 0.717) is 41.4 Å². The van der Waals surface area contributed by atoms with E-state index in [4.69, 9.17) is 10.1 Å². The topological polar surface area (TPSA) is 114 Å². The molecule has 3 heterocycles. The summed E-state index contributed by atoms with van der Waals surface area (Å²) in [6, 6.07) is 7.00. The third-order valence-corrected chi connectivity index (χ3v) is 6.40. The van der Waals surface area contributed by atoms with Crippen LogP contribution in [-0.2, 0) is 19.3 Å². The highest BCUT2D eigenvalue weighted by Crippen LogP contribution is 2.45. The first-order valence-corrected chi connectivity index (χ1v) is 12.7. The average Bonchev–Trinajstić information content (AvgIpc) is 3.71. The third-order valence-electron chi connectivity index (χ3n) is 6.40. The number of aryl methyl sites for hydroxylation is 1. The Morgan fingerprint density at radius 2 is 1.88 bits per heavy atom. The van der Waals surface area contributed by atoms with E-state index >= 15 is 0 Å². The molecule has 41 heavy (non-hydrogen) atoms. The van der Waals surface area contributed by atoms with Crippen LogP contribution in [0.1, 0.15) is 48.2 Å². The molecule has 9 nitrogen and oxygen atoms in total. The van der Waals surface area contributed by atoms with E-state index in [-0.39, 0.29) is 48.2 Å². The second-order valence-corrected chi connectivity index (χ2v) is 9.18. The van der Waals surface area contributed by atoms with Crippen molar-refractivity contribution in [2.75, 3.05) is 18.6 Å². The predicted molar refractivity (Wildman–Crippen MR) is 155 cm³/mol. The van der Waals surface area contributed by atoms with E-state index in [9.17, 15) is 17.6 Å². The monoisotopic (exact) mass is 682 g/mol. The molecule has 216 valence electrons. The maximum Gasteiger partial charge on any atom is 0.434 e. The van der Waals surface area contributed by atoms with Crippen molar-refractivity contribution in [3.05, 3.63) is 65.5 Å². The minimum Gasteiger partial charge on any atom is -0.474 e. The van der Waals surface area contributed by atoms with Gasteiger partial charge in [0.25, 0.3) is 0 Å². The molecule has 0 radical (unpaired) electrons. The Labute approximate surface area is 250 Å². The third kappa shape index (κ3) is 6.80. The summed E-state index contributed by atoms with van der Waals surface area (Å²) < 4.78 is 59.3. The fraction of sp³-hybridized carbons (Fsp3) is 0.333. The molecule has 1 aliphatic rings. The molecular formula is C27H27F4IN8O. The van der Waals surface area contributed by atoms with Gasteiger partial charge in [-0.25, -0.2) is 29.3 Å². The number of alkyl halides is 4. The lowest BCUT2D eigenvalue weighted by Crippen LogP contribution is -2.09. The van der Waals surface area contributed by atoms with Gasteiger partial charge in [-0.05, 0) is 25.3 Å². The summed E-state index contributed by atoms with van der Waals surface area (Å²) in [7, 11) is 0. The van der Waals surface area contributed by atoms with Crippen LogP contribution in [0.15, 0.2) is 43.0 Å². The van der Waals surface area contributed by atoms with Crippen molar-refractivity contribution in [2.24, 2.45) is 0 Å². The normalized spacial score (nSPS) is 13.0. The molecular weight excluding hydrogens is 655 g/mol. The Hall–Kier alpha value is -3.69. The van der Waals surface area contributed by atoms with E-state index in [1.165, 1.54) is 17.1 Å². The van der Waals surface area contributed by atoms with Crippen LogP contribution in [0.2, 0.25) is 0 Å². The zero-order chi connectivity index (χ0) is 28.3. The summed E-state index contributed by atoms with van der Waals surface area (Å²) in [6.07, 6.45) is 2.43. The van der Waals surface area contributed by atoms with Crippen LogP contribution in [0.4, 0.5) is 23.4 Å². The fourth-order valence-corrected chi connectivity index (χ4v) is 4.24. The molecule has 4 aromatic rings. The molecule has 2 N–H and O–H groups in total. The van der Waals surface area contributed by atoms with Crippen LogP contribution in [0.25, 0.3) is 22.8 Å². The average molecular weight is 682 g/mol. The molecule has 0 unspecified atom stereocenters. The molecule has 0 saturated heterocycles. The number of aromatic nitrogens is 6. The van der Waals surface area contributed by atoms with E-state index in [2.05, 4.69) is 30.2 Å². The smallest absolute Gasteiger partial charge is 0.434 e. The summed E-state index contributed by atoms with van der Waals surface area (Å²) in [5, 5.41) is 11.0. The van der Waals surface area contributed by atoms with Crippen LogP contribution in [0.5, 0.6) is 5.88 Å². The van der Waals surface area contributed by atoms with Crippen molar-refractivity contribution in [2.45, 2.75) is 44.9 Å². The van der Waals surface area contributed by atoms with Crippen LogP contribution in [-0.4, -0.2) is 49.0 Å². The van der Waals surface area contributed by atoms with Gasteiger partial charge in [-0.15, -0.1) is 24.0 Å². The van der Waals surface area contributed by atoms with Gasteiger partial charge in [0.05, 0.1) is 11.3 Å². The number of nitrogens with one attached hydrogen (secondary N) is 2. The number of benzene rings is 1. The number of imidazole rings is 1. The molecule has 1 aliphatic carbocycles. The van der Waals surface area contributed by atoms with Gasteiger partial charge < -0.3 is 20.0 Å². The molecule has 1 aromatic carbocycles. The summed E-state index contributed by atoms with van der Waals surface area (Å²) in [5.41, 5.74) is 2.16. The number of hydrogen-bond donors (Lipinski definition) is 2. The fourth-order valence-electron chi connectivity index (χ4n) is 4.24. The highest BCUT2D eigenvalue weighted by molar-refractivity contribution is 14.0.